The van der Waals surface area contributed by atoms with Crippen LogP contribution >= 0.6 is 0 Å². The van der Waals surface area contributed by atoms with Crippen molar-refractivity contribution in [2.45, 2.75) is 33.1 Å². The van der Waals surface area contributed by atoms with Crippen molar-refractivity contribution in [2.24, 2.45) is 23.7 Å². The Kier molecular flexibility index (Phi) is 2.33. The summed E-state index contributed by atoms with van der Waals surface area (Å²) in [5, 5.41) is 0. The number of hydrogen-bond donors (Lipinski definition) is 0. The smallest absolute Gasteiger partial charge is 0.317 e. The summed E-state index contributed by atoms with van der Waals surface area (Å²) in [4.78, 5) is 22.8. The zero-order valence-electron chi connectivity index (χ0n) is 8.66. The SMILES string of the molecule is CCC1CCC2C(=O)OC(=O)C2C1C. The fraction of sp³-hybridized carbons (Fsp3) is 0.818. The molecule has 0 aromatic rings. The Morgan fingerprint density at radius 1 is 1.29 bits per heavy atom. The molecule has 1 saturated carbocycles. The molecule has 0 N–H and O–H groups in total. The van der Waals surface area contributed by atoms with Crippen LogP contribution in [0.2, 0.25) is 0 Å². The molecule has 3 heteroatoms. The van der Waals surface area contributed by atoms with E-state index >= 15 is 0 Å². The first-order chi connectivity index (χ1) is 6.65. The van der Waals surface area contributed by atoms with E-state index in [1.807, 2.05) is 0 Å². The Bertz CT molecular complexity index is 272. The van der Waals surface area contributed by atoms with Crippen molar-refractivity contribution in [3.05, 3.63) is 0 Å². The molecule has 0 bridgehead atoms. The molecule has 3 nitrogen and oxygen atoms in total. The zero-order valence-corrected chi connectivity index (χ0v) is 8.66. The van der Waals surface area contributed by atoms with E-state index in [9.17, 15) is 9.59 Å². The lowest BCUT2D eigenvalue weighted by Crippen LogP contribution is -2.34. The van der Waals surface area contributed by atoms with Crippen LogP contribution in [0.4, 0.5) is 0 Å². The summed E-state index contributed by atoms with van der Waals surface area (Å²) in [6.45, 7) is 4.22. The van der Waals surface area contributed by atoms with Crippen LogP contribution in [0.25, 0.3) is 0 Å². The Morgan fingerprint density at radius 2 is 2.00 bits per heavy atom. The van der Waals surface area contributed by atoms with Crippen LogP contribution in [-0.4, -0.2) is 11.9 Å². The standard InChI is InChI=1S/C11H16O3/c1-3-7-4-5-8-9(6(7)2)11(13)14-10(8)12/h6-9H,3-5H2,1-2H3. The van der Waals surface area contributed by atoms with E-state index in [-0.39, 0.29) is 23.8 Å². The molecule has 2 rings (SSSR count). The summed E-state index contributed by atoms with van der Waals surface area (Å²) in [6.07, 6.45) is 2.98. The zero-order chi connectivity index (χ0) is 10.3. The van der Waals surface area contributed by atoms with Gasteiger partial charge in [0.15, 0.2) is 0 Å². The fourth-order valence-corrected chi connectivity index (χ4v) is 2.96. The number of esters is 2. The third-order valence-electron chi connectivity index (χ3n) is 3.89. The van der Waals surface area contributed by atoms with Gasteiger partial charge < -0.3 is 4.74 Å². The maximum Gasteiger partial charge on any atom is 0.317 e. The van der Waals surface area contributed by atoms with Crippen LogP contribution in [0.5, 0.6) is 0 Å². The first-order valence-electron chi connectivity index (χ1n) is 5.40. The molecular formula is C11H16O3. The lowest BCUT2D eigenvalue weighted by atomic mass is 9.67. The van der Waals surface area contributed by atoms with E-state index in [1.54, 1.807) is 0 Å². The highest BCUT2D eigenvalue weighted by atomic mass is 16.6. The third kappa shape index (κ3) is 1.26. The molecule has 78 valence electrons. The van der Waals surface area contributed by atoms with Crippen LogP contribution < -0.4 is 0 Å². The number of ether oxygens (including phenoxy) is 1. The molecule has 2 fully saturated rings. The van der Waals surface area contributed by atoms with E-state index in [0.29, 0.717) is 11.8 Å². The molecule has 0 radical (unpaired) electrons. The summed E-state index contributed by atoms with van der Waals surface area (Å²) < 4.78 is 4.69. The molecule has 1 aliphatic carbocycles. The van der Waals surface area contributed by atoms with Gasteiger partial charge in [-0.1, -0.05) is 20.3 Å². The van der Waals surface area contributed by atoms with E-state index in [2.05, 4.69) is 13.8 Å². The monoisotopic (exact) mass is 196 g/mol. The number of fused-ring (bicyclic) bond motifs is 1. The lowest BCUT2D eigenvalue weighted by Gasteiger charge is -2.33. The van der Waals surface area contributed by atoms with Crippen LogP contribution in [0.1, 0.15) is 33.1 Å². The summed E-state index contributed by atoms with van der Waals surface area (Å²) in [5.41, 5.74) is 0. The Balaban J connectivity index is 2.21. The van der Waals surface area contributed by atoms with Gasteiger partial charge in [0.05, 0.1) is 11.8 Å². The number of carbonyl (C=O) groups excluding carboxylic acids is 2. The second-order valence-electron chi connectivity index (χ2n) is 4.48. The van der Waals surface area contributed by atoms with E-state index in [4.69, 9.17) is 4.74 Å². The van der Waals surface area contributed by atoms with Crippen molar-refractivity contribution in [1.82, 2.24) is 0 Å². The molecule has 4 atom stereocenters. The highest BCUT2D eigenvalue weighted by molar-refractivity contribution is 5.96. The topological polar surface area (TPSA) is 43.4 Å². The largest absolute Gasteiger partial charge is 0.393 e. The molecule has 0 spiro atoms. The second-order valence-corrected chi connectivity index (χ2v) is 4.48. The predicted molar refractivity (Wildman–Crippen MR) is 50.3 cm³/mol. The molecule has 0 aromatic heterocycles. The Hall–Kier alpha value is -0.860. The molecule has 1 saturated heterocycles. The first kappa shape index (κ1) is 9.69. The third-order valence-corrected chi connectivity index (χ3v) is 3.89. The van der Waals surface area contributed by atoms with E-state index < -0.39 is 0 Å². The molecule has 1 aliphatic heterocycles. The van der Waals surface area contributed by atoms with Crippen LogP contribution in [-0.2, 0) is 14.3 Å². The number of carbonyl (C=O) groups is 2. The quantitative estimate of drug-likeness (QED) is 0.474. The number of hydrogen-bond acceptors (Lipinski definition) is 3. The van der Waals surface area contributed by atoms with Crippen molar-refractivity contribution in [3.63, 3.8) is 0 Å². The average molecular weight is 196 g/mol. The van der Waals surface area contributed by atoms with Crippen molar-refractivity contribution >= 4 is 11.9 Å². The lowest BCUT2D eigenvalue weighted by molar-refractivity contribution is -0.154. The first-order valence-corrected chi connectivity index (χ1v) is 5.40. The van der Waals surface area contributed by atoms with Gasteiger partial charge in [-0.3, -0.25) is 9.59 Å². The number of cyclic esters (lactones) is 2. The van der Waals surface area contributed by atoms with Gasteiger partial charge in [-0.15, -0.1) is 0 Å². The molecule has 4 unspecified atom stereocenters. The normalized spacial score (nSPS) is 42.1. The summed E-state index contributed by atoms with van der Waals surface area (Å²) in [5.74, 6) is 0.0148. The fourth-order valence-electron chi connectivity index (χ4n) is 2.96. The van der Waals surface area contributed by atoms with Gasteiger partial charge in [0, 0.05) is 0 Å². The van der Waals surface area contributed by atoms with E-state index in [0.717, 1.165) is 19.3 Å². The maximum atomic E-state index is 11.4. The molecule has 2 aliphatic rings. The van der Waals surface area contributed by atoms with Crippen LogP contribution in [0.3, 0.4) is 0 Å². The molecule has 0 aromatic carbocycles. The van der Waals surface area contributed by atoms with Crippen molar-refractivity contribution in [3.8, 4) is 0 Å². The van der Waals surface area contributed by atoms with Gasteiger partial charge >= 0.3 is 11.9 Å². The van der Waals surface area contributed by atoms with Gasteiger partial charge in [-0.05, 0) is 24.7 Å². The highest BCUT2D eigenvalue weighted by Gasteiger charge is 2.50. The summed E-state index contributed by atoms with van der Waals surface area (Å²) in [7, 11) is 0. The van der Waals surface area contributed by atoms with Gasteiger partial charge in [-0.2, -0.15) is 0 Å². The molecule has 14 heavy (non-hydrogen) atoms. The van der Waals surface area contributed by atoms with Crippen molar-refractivity contribution < 1.29 is 14.3 Å². The molecule has 0 amide bonds. The van der Waals surface area contributed by atoms with Crippen LogP contribution in [0.15, 0.2) is 0 Å². The number of rotatable bonds is 1. The minimum absolute atomic E-state index is 0.139. The maximum absolute atomic E-state index is 11.4. The van der Waals surface area contributed by atoms with Gasteiger partial charge in [0.1, 0.15) is 0 Å². The molecular weight excluding hydrogens is 180 g/mol. The second kappa shape index (κ2) is 3.37. The Morgan fingerprint density at radius 3 is 2.64 bits per heavy atom. The average Bonchev–Trinajstić information content (AvgIpc) is 2.44. The van der Waals surface area contributed by atoms with Gasteiger partial charge in [-0.25, -0.2) is 0 Å². The minimum Gasteiger partial charge on any atom is -0.393 e. The predicted octanol–water partition coefficient (Wildman–Crippen LogP) is 1.76. The summed E-state index contributed by atoms with van der Waals surface area (Å²) in [6, 6.07) is 0. The van der Waals surface area contributed by atoms with Gasteiger partial charge in [0.2, 0.25) is 0 Å². The van der Waals surface area contributed by atoms with Crippen molar-refractivity contribution in [2.75, 3.05) is 0 Å². The minimum atomic E-state index is -0.290. The van der Waals surface area contributed by atoms with Gasteiger partial charge in [0.25, 0.3) is 0 Å². The summed E-state index contributed by atoms with van der Waals surface area (Å²) >= 11 is 0. The highest BCUT2D eigenvalue weighted by Crippen LogP contribution is 2.44. The van der Waals surface area contributed by atoms with E-state index in [1.165, 1.54) is 0 Å². The van der Waals surface area contributed by atoms with Crippen LogP contribution in [0, 0.1) is 23.7 Å². The Labute approximate surface area is 83.8 Å². The molecule has 1 heterocycles. The van der Waals surface area contributed by atoms with Crippen molar-refractivity contribution in [1.29, 1.82) is 0 Å².